The number of nitrogens with one attached hydrogen (secondary N) is 1. The van der Waals surface area contributed by atoms with Gasteiger partial charge in [0.05, 0.1) is 12.0 Å². The molecule has 0 radical (unpaired) electrons. The van der Waals surface area contributed by atoms with Gasteiger partial charge in [-0.05, 0) is 52.2 Å². The third-order valence-electron chi connectivity index (χ3n) is 6.08. The van der Waals surface area contributed by atoms with E-state index in [4.69, 9.17) is 4.74 Å². The van der Waals surface area contributed by atoms with Gasteiger partial charge in [-0.25, -0.2) is 0 Å². The van der Waals surface area contributed by atoms with Crippen molar-refractivity contribution in [3.63, 3.8) is 0 Å². The molecule has 0 saturated heterocycles. The maximum atomic E-state index is 12.5. The predicted octanol–water partition coefficient (Wildman–Crippen LogP) is 4.91. The van der Waals surface area contributed by atoms with Crippen molar-refractivity contribution in [1.29, 1.82) is 5.26 Å². The summed E-state index contributed by atoms with van der Waals surface area (Å²) < 4.78 is 7.13. The fraction of sp³-hybridized carbons (Fsp3) is 0.500. The number of esters is 1. The second kappa shape index (κ2) is 10.1. The van der Waals surface area contributed by atoms with Gasteiger partial charge < -0.3 is 14.6 Å². The minimum atomic E-state index is -0.600. The highest BCUT2D eigenvalue weighted by molar-refractivity contribution is 7.12. The Bertz CT molecular complexity index is 1080. The van der Waals surface area contributed by atoms with E-state index in [1.54, 1.807) is 11.3 Å². The maximum absolute atomic E-state index is 12.5. The molecule has 8 heteroatoms. The van der Waals surface area contributed by atoms with Crippen LogP contribution in [0.5, 0.6) is 0 Å². The standard InChI is InChI=1S/C24H29N3O4S/c1-14-11-19(17(4)32-14)21(28)9-10-23(30)31-13-22(29)26-24-20(12-25)15(2)16(3)27(24)18-7-5-6-8-18/h11,18H,5-10,13H2,1-4H3,(H,26,29). The Kier molecular flexibility index (Phi) is 7.52. The zero-order chi connectivity index (χ0) is 23.4. The second-order valence-corrected chi connectivity index (χ2v) is 9.77. The molecule has 1 amide bonds. The quantitative estimate of drug-likeness (QED) is 0.450. The normalized spacial score (nSPS) is 13.7. The first-order valence-corrected chi connectivity index (χ1v) is 11.7. The van der Waals surface area contributed by atoms with Crippen molar-refractivity contribution in [3.8, 4) is 6.07 Å². The monoisotopic (exact) mass is 455 g/mol. The maximum Gasteiger partial charge on any atom is 0.306 e. The molecule has 1 aliphatic rings. The average molecular weight is 456 g/mol. The van der Waals surface area contributed by atoms with Gasteiger partial charge in [0.25, 0.3) is 5.91 Å². The summed E-state index contributed by atoms with van der Waals surface area (Å²) in [5.74, 6) is -0.722. The van der Waals surface area contributed by atoms with Gasteiger partial charge >= 0.3 is 5.97 Å². The van der Waals surface area contributed by atoms with Crippen LogP contribution in [-0.2, 0) is 14.3 Å². The number of ketones is 1. The van der Waals surface area contributed by atoms with E-state index in [1.165, 1.54) is 0 Å². The first kappa shape index (κ1) is 23.7. The predicted molar refractivity (Wildman–Crippen MR) is 123 cm³/mol. The first-order chi connectivity index (χ1) is 15.2. The van der Waals surface area contributed by atoms with Gasteiger partial charge in [0.1, 0.15) is 11.9 Å². The summed E-state index contributed by atoms with van der Waals surface area (Å²) in [4.78, 5) is 38.9. The lowest BCUT2D eigenvalue weighted by Gasteiger charge is -2.19. The van der Waals surface area contributed by atoms with Gasteiger partial charge in [0.15, 0.2) is 12.4 Å². The molecule has 1 saturated carbocycles. The number of rotatable bonds is 8. The lowest BCUT2D eigenvalue weighted by atomic mass is 10.1. The largest absolute Gasteiger partial charge is 0.456 e. The number of aromatic nitrogens is 1. The van der Waals surface area contributed by atoms with Gasteiger partial charge in [-0.1, -0.05) is 12.8 Å². The Morgan fingerprint density at radius 3 is 2.47 bits per heavy atom. The van der Waals surface area contributed by atoms with Crippen molar-refractivity contribution in [2.24, 2.45) is 0 Å². The Morgan fingerprint density at radius 1 is 1.19 bits per heavy atom. The number of amides is 1. The molecule has 1 N–H and O–H groups in total. The summed E-state index contributed by atoms with van der Waals surface area (Å²) in [5, 5.41) is 12.4. The number of carbonyl (C=O) groups is 3. The number of nitriles is 1. The number of Topliss-reactive ketones (excluding diaryl/α,β-unsaturated/α-hetero) is 1. The zero-order valence-corrected chi connectivity index (χ0v) is 19.9. The molecule has 0 unspecified atom stereocenters. The van der Waals surface area contributed by atoms with E-state index in [0.717, 1.165) is 46.7 Å². The summed E-state index contributed by atoms with van der Waals surface area (Å²) >= 11 is 1.55. The van der Waals surface area contributed by atoms with Crippen LogP contribution in [0.4, 0.5) is 5.82 Å². The number of hydrogen-bond acceptors (Lipinski definition) is 6. The lowest BCUT2D eigenvalue weighted by Crippen LogP contribution is -2.24. The molecule has 0 aromatic carbocycles. The summed E-state index contributed by atoms with van der Waals surface area (Å²) in [6, 6.07) is 4.28. The van der Waals surface area contributed by atoms with Crippen LogP contribution >= 0.6 is 11.3 Å². The van der Waals surface area contributed by atoms with Crippen molar-refractivity contribution < 1.29 is 19.1 Å². The van der Waals surface area contributed by atoms with Crippen LogP contribution in [-0.4, -0.2) is 28.8 Å². The van der Waals surface area contributed by atoms with Crippen molar-refractivity contribution in [2.75, 3.05) is 11.9 Å². The molecule has 2 heterocycles. The summed E-state index contributed by atoms with van der Waals surface area (Å²) in [6.07, 6.45) is 4.22. The molecule has 0 bridgehead atoms. The number of nitrogens with zero attached hydrogens (tertiary/aromatic N) is 2. The lowest BCUT2D eigenvalue weighted by molar-refractivity contribution is -0.147. The topological polar surface area (TPSA) is 101 Å². The van der Waals surface area contributed by atoms with Crippen LogP contribution in [0.3, 0.4) is 0 Å². The van der Waals surface area contributed by atoms with E-state index in [1.807, 2.05) is 38.3 Å². The Hall–Kier alpha value is -2.92. The molecule has 2 aromatic rings. The molecule has 0 aliphatic heterocycles. The van der Waals surface area contributed by atoms with Crippen LogP contribution in [0.25, 0.3) is 0 Å². The third-order valence-corrected chi connectivity index (χ3v) is 7.04. The van der Waals surface area contributed by atoms with E-state index in [0.29, 0.717) is 16.9 Å². The Morgan fingerprint density at radius 2 is 1.88 bits per heavy atom. The van der Waals surface area contributed by atoms with Gasteiger partial charge in [0.2, 0.25) is 0 Å². The van der Waals surface area contributed by atoms with E-state index < -0.39 is 18.5 Å². The molecular weight excluding hydrogens is 426 g/mol. The molecule has 1 fully saturated rings. The summed E-state index contributed by atoms with van der Waals surface area (Å²) in [7, 11) is 0. The van der Waals surface area contributed by atoms with Crippen molar-refractivity contribution in [2.45, 2.75) is 72.3 Å². The fourth-order valence-corrected chi connectivity index (χ4v) is 5.29. The highest BCUT2D eigenvalue weighted by atomic mass is 32.1. The molecule has 32 heavy (non-hydrogen) atoms. The minimum Gasteiger partial charge on any atom is -0.456 e. The molecule has 2 aromatic heterocycles. The van der Waals surface area contributed by atoms with Crippen molar-refractivity contribution >= 4 is 34.8 Å². The van der Waals surface area contributed by atoms with Crippen LogP contribution in [0.2, 0.25) is 0 Å². The number of thiophene rings is 1. The molecule has 3 rings (SSSR count). The molecule has 0 atom stereocenters. The first-order valence-electron chi connectivity index (χ1n) is 10.9. The van der Waals surface area contributed by atoms with E-state index >= 15 is 0 Å². The summed E-state index contributed by atoms with van der Waals surface area (Å²) in [5.41, 5.74) is 2.91. The minimum absolute atomic E-state index is 0.0406. The smallest absolute Gasteiger partial charge is 0.306 e. The van der Waals surface area contributed by atoms with Crippen molar-refractivity contribution in [1.82, 2.24) is 4.57 Å². The average Bonchev–Trinajstić information content (AvgIpc) is 3.44. The van der Waals surface area contributed by atoms with Crippen molar-refractivity contribution in [3.05, 3.63) is 38.2 Å². The van der Waals surface area contributed by atoms with Gasteiger partial charge in [0, 0.05) is 33.5 Å². The third kappa shape index (κ3) is 5.10. The Labute approximate surface area is 192 Å². The van der Waals surface area contributed by atoms with E-state index in [9.17, 15) is 19.6 Å². The number of hydrogen-bond donors (Lipinski definition) is 1. The Balaban J connectivity index is 1.57. The summed E-state index contributed by atoms with van der Waals surface area (Å²) in [6.45, 7) is 7.20. The number of aryl methyl sites for hydroxylation is 2. The van der Waals surface area contributed by atoms with E-state index in [2.05, 4.69) is 11.4 Å². The van der Waals surface area contributed by atoms with Gasteiger partial charge in [-0.3, -0.25) is 14.4 Å². The van der Waals surface area contributed by atoms with Crippen LogP contribution < -0.4 is 5.32 Å². The number of anilines is 1. The molecule has 7 nitrogen and oxygen atoms in total. The fourth-order valence-electron chi connectivity index (χ4n) is 4.35. The molecule has 1 aliphatic carbocycles. The van der Waals surface area contributed by atoms with Crippen LogP contribution in [0.1, 0.15) is 81.5 Å². The second-order valence-electron chi connectivity index (χ2n) is 8.31. The molecule has 170 valence electrons. The number of carbonyl (C=O) groups excluding carboxylic acids is 3. The SMILES string of the molecule is Cc1cc(C(=O)CCC(=O)OCC(=O)Nc2c(C#N)c(C)c(C)n2C2CCCC2)c(C)s1. The van der Waals surface area contributed by atoms with E-state index in [-0.39, 0.29) is 24.7 Å². The van der Waals surface area contributed by atoms with Crippen LogP contribution in [0.15, 0.2) is 6.07 Å². The van der Waals surface area contributed by atoms with Gasteiger partial charge in [-0.15, -0.1) is 11.3 Å². The number of ether oxygens (including phenoxy) is 1. The van der Waals surface area contributed by atoms with Crippen LogP contribution in [0, 0.1) is 39.0 Å². The highest BCUT2D eigenvalue weighted by Crippen LogP contribution is 2.37. The molecule has 0 spiro atoms. The molecular formula is C24H29N3O4S. The zero-order valence-electron chi connectivity index (χ0n) is 19.0. The van der Waals surface area contributed by atoms with Gasteiger partial charge in [-0.2, -0.15) is 5.26 Å². The highest BCUT2D eigenvalue weighted by Gasteiger charge is 2.27.